The first-order chi connectivity index (χ1) is 19.1. The summed E-state index contributed by atoms with van der Waals surface area (Å²) in [5.74, 6) is -1.55. The molecular formula is C32H27N3O3S. The number of benzene rings is 4. The number of aromatic carboxylic acids is 1. The van der Waals surface area contributed by atoms with Crippen LogP contribution in [-0.4, -0.2) is 32.5 Å². The van der Waals surface area contributed by atoms with Gasteiger partial charge in [0.2, 0.25) is 0 Å². The predicted molar refractivity (Wildman–Crippen MR) is 154 cm³/mol. The van der Waals surface area contributed by atoms with E-state index < -0.39 is 16.6 Å². The fraction of sp³-hybridized carbons (Fsp3) is 0.0938. The van der Waals surface area contributed by atoms with Crippen molar-refractivity contribution >= 4 is 23.8 Å². The zero-order valence-corrected chi connectivity index (χ0v) is 21.9. The first kappa shape index (κ1) is 26.0. The lowest BCUT2D eigenvalue weighted by Gasteiger charge is -2.35. The number of hydrogen-bond donors (Lipinski definition) is 2. The minimum Gasteiger partial charge on any atom is -0.478 e. The van der Waals surface area contributed by atoms with Crippen molar-refractivity contribution in [2.24, 2.45) is 0 Å². The van der Waals surface area contributed by atoms with Gasteiger partial charge in [0.15, 0.2) is 0 Å². The zero-order valence-electron chi connectivity index (χ0n) is 21.1. The first-order valence-electron chi connectivity index (χ1n) is 12.6. The van der Waals surface area contributed by atoms with Crippen LogP contribution in [0.25, 0.3) is 0 Å². The molecule has 0 atom stereocenters. The molecule has 4 aromatic carbocycles. The molecule has 0 aliphatic carbocycles. The largest absolute Gasteiger partial charge is 0.478 e. The summed E-state index contributed by atoms with van der Waals surface area (Å²) < 4.78 is 1.49. The van der Waals surface area contributed by atoms with E-state index in [1.54, 1.807) is 30.4 Å². The molecule has 1 aromatic heterocycles. The van der Waals surface area contributed by atoms with E-state index in [1.165, 1.54) is 12.1 Å². The molecule has 0 unspecified atom stereocenters. The number of imidazole rings is 1. The van der Waals surface area contributed by atoms with Gasteiger partial charge in [-0.2, -0.15) is 0 Å². The molecule has 7 heteroatoms. The Bertz CT molecular complexity index is 1460. The van der Waals surface area contributed by atoms with Crippen molar-refractivity contribution < 1.29 is 14.7 Å². The van der Waals surface area contributed by atoms with Gasteiger partial charge in [0, 0.05) is 19.2 Å². The van der Waals surface area contributed by atoms with Crippen LogP contribution in [0.3, 0.4) is 0 Å². The highest BCUT2D eigenvalue weighted by atomic mass is 32.2. The van der Waals surface area contributed by atoms with Crippen LogP contribution >= 0.6 is 11.9 Å². The average molecular weight is 534 g/mol. The van der Waals surface area contributed by atoms with Gasteiger partial charge in [0.05, 0.1) is 16.8 Å². The van der Waals surface area contributed by atoms with E-state index >= 15 is 0 Å². The number of nitrogens with one attached hydrogen (secondary N) is 1. The molecule has 0 aliphatic heterocycles. The molecule has 0 radical (unpaired) electrons. The summed E-state index contributed by atoms with van der Waals surface area (Å²) in [4.78, 5) is 28.7. The highest BCUT2D eigenvalue weighted by molar-refractivity contribution is 7.99. The van der Waals surface area contributed by atoms with Crippen molar-refractivity contribution in [3.63, 3.8) is 0 Å². The number of nitrogens with zero attached hydrogens (tertiary/aromatic N) is 2. The Hall–Kier alpha value is -4.62. The lowest BCUT2D eigenvalue weighted by Crippen LogP contribution is -2.27. The van der Waals surface area contributed by atoms with E-state index in [9.17, 15) is 14.7 Å². The van der Waals surface area contributed by atoms with Crippen molar-refractivity contribution in [2.45, 2.75) is 11.2 Å². The van der Waals surface area contributed by atoms with E-state index in [4.69, 9.17) is 0 Å². The van der Waals surface area contributed by atoms with Crippen molar-refractivity contribution in [2.75, 3.05) is 6.54 Å². The number of rotatable bonds is 10. The second-order valence-electron chi connectivity index (χ2n) is 8.95. The Morgan fingerprint density at radius 3 is 1.74 bits per heavy atom. The third-order valence-corrected chi connectivity index (χ3v) is 7.86. The van der Waals surface area contributed by atoms with E-state index in [2.05, 4.69) is 83.1 Å². The predicted octanol–water partition coefficient (Wildman–Crippen LogP) is 6.04. The maximum atomic E-state index is 12.6. The molecule has 0 bridgehead atoms. The van der Waals surface area contributed by atoms with Gasteiger partial charge in [-0.05, 0) is 40.8 Å². The maximum Gasteiger partial charge on any atom is 0.336 e. The summed E-state index contributed by atoms with van der Waals surface area (Å²) >= 11 is 1.66. The summed E-state index contributed by atoms with van der Waals surface area (Å²) in [5.41, 5.74) is 4.38. The van der Waals surface area contributed by atoms with Gasteiger partial charge < -0.3 is 10.4 Å². The topological polar surface area (TPSA) is 84.2 Å². The number of amides is 1. The molecule has 1 amide bonds. The second kappa shape index (κ2) is 11.8. The van der Waals surface area contributed by atoms with Gasteiger partial charge in [-0.3, -0.25) is 8.77 Å². The summed E-state index contributed by atoms with van der Waals surface area (Å²) in [6.45, 7) is 0.329. The number of carboxylic acids is 1. The van der Waals surface area contributed by atoms with Crippen molar-refractivity contribution in [3.05, 3.63) is 161 Å². The average Bonchev–Trinajstić information content (AvgIpc) is 3.44. The van der Waals surface area contributed by atoms with Crippen molar-refractivity contribution in [1.82, 2.24) is 14.3 Å². The van der Waals surface area contributed by atoms with Crippen molar-refractivity contribution in [3.8, 4) is 0 Å². The molecule has 2 N–H and O–H groups in total. The molecule has 39 heavy (non-hydrogen) atoms. The third-order valence-electron chi connectivity index (χ3n) is 6.47. The number of carbonyl (C=O) groups is 2. The van der Waals surface area contributed by atoms with Crippen LogP contribution in [-0.2, 0) is 11.2 Å². The SMILES string of the molecule is O=C(O)c1ccccc1C(=O)NCCc1cn(SC(c2ccccc2)(c2ccccc2)c2ccccc2)cn1. The van der Waals surface area contributed by atoms with E-state index in [1.807, 2.05) is 28.4 Å². The molecule has 194 valence electrons. The maximum absolute atomic E-state index is 12.6. The minimum atomic E-state index is -1.13. The smallest absolute Gasteiger partial charge is 0.336 e. The normalized spacial score (nSPS) is 11.2. The molecular weight excluding hydrogens is 506 g/mol. The van der Waals surface area contributed by atoms with E-state index in [0.29, 0.717) is 13.0 Å². The highest BCUT2D eigenvalue weighted by Gasteiger charge is 2.38. The van der Waals surface area contributed by atoms with Gasteiger partial charge >= 0.3 is 5.97 Å². The molecule has 0 saturated carbocycles. The summed E-state index contributed by atoms with van der Waals surface area (Å²) in [5, 5.41) is 12.2. The number of carbonyl (C=O) groups excluding carboxylic acids is 1. The molecule has 0 spiro atoms. The van der Waals surface area contributed by atoms with Crippen molar-refractivity contribution in [1.29, 1.82) is 0 Å². The quantitative estimate of drug-likeness (QED) is 0.214. The second-order valence-corrected chi connectivity index (χ2v) is 10.2. The molecule has 6 nitrogen and oxygen atoms in total. The van der Waals surface area contributed by atoms with Gasteiger partial charge in [0.25, 0.3) is 5.91 Å². The zero-order chi connectivity index (χ0) is 27.1. The summed E-state index contributed by atoms with van der Waals surface area (Å²) in [6, 6.07) is 37.5. The Balaban J connectivity index is 1.39. The Labute approximate surface area is 231 Å². The highest BCUT2D eigenvalue weighted by Crippen LogP contribution is 2.48. The van der Waals surface area contributed by atoms with Crippen LogP contribution in [0.2, 0.25) is 0 Å². The van der Waals surface area contributed by atoms with Crippen LogP contribution in [0.1, 0.15) is 43.1 Å². The van der Waals surface area contributed by atoms with Gasteiger partial charge in [-0.15, -0.1) is 0 Å². The van der Waals surface area contributed by atoms with E-state index in [0.717, 1.165) is 22.4 Å². The number of hydrogen-bond acceptors (Lipinski definition) is 4. The summed E-state index contributed by atoms with van der Waals surface area (Å²) in [7, 11) is 0. The molecule has 0 aliphatic rings. The molecule has 1 heterocycles. The van der Waals surface area contributed by atoms with Gasteiger partial charge in [-0.1, -0.05) is 103 Å². The fourth-order valence-electron chi connectivity index (χ4n) is 4.63. The third kappa shape index (κ3) is 5.63. The molecule has 0 saturated heterocycles. The molecule has 0 fully saturated rings. The van der Waals surface area contributed by atoms with Crippen LogP contribution < -0.4 is 5.32 Å². The monoisotopic (exact) mass is 533 g/mol. The molecule has 5 rings (SSSR count). The van der Waals surface area contributed by atoms with Crippen LogP contribution in [0.15, 0.2) is 128 Å². The van der Waals surface area contributed by atoms with Crippen LogP contribution in [0, 0.1) is 0 Å². The molecule has 5 aromatic rings. The standard InChI is InChI=1S/C32H27N3O3S/c36-30(28-18-10-11-19-29(28)31(37)38)33-21-20-27-22-35(23-34-27)39-32(24-12-4-1-5-13-24,25-14-6-2-7-15-25)26-16-8-3-9-17-26/h1-19,22-23H,20-21H2,(H,33,36)(H,37,38). The number of aromatic nitrogens is 2. The Morgan fingerprint density at radius 2 is 1.23 bits per heavy atom. The van der Waals surface area contributed by atoms with E-state index in [-0.39, 0.29) is 11.1 Å². The lowest BCUT2D eigenvalue weighted by molar-refractivity contribution is 0.0691. The fourth-order valence-corrected chi connectivity index (χ4v) is 5.93. The Morgan fingerprint density at radius 1 is 0.744 bits per heavy atom. The van der Waals surface area contributed by atoms with Gasteiger partial charge in [-0.25, -0.2) is 9.78 Å². The van der Waals surface area contributed by atoms with Gasteiger partial charge in [0.1, 0.15) is 11.1 Å². The lowest BCUT2D eigenvalue weighted by atomic mass is 9.84. The Kier molecular flexibility index (Phi) is 7.89. The summed E-state index contributed by atoms with van der Waals surface area (Å²) in [6.07, 6.45) is 4.28. The number of carboxylic acid groups (broad SMARTS) is 1. The first-order valence-corrected chi connectivity index (χ1v) is 13.3. The van der Waals surface area contributed by atoms with Crippen LogP contribution in [0.5, 0.6) is 0 Å². The van der Waals surface area contributed by atoms with Crippen LogP contribution in [0.4, 0.5) is 0 Å². The minimum absolute atomic E-state index is 0.0187.